The zero-order chi connectivity index (χ0) is 11.2. The lowest BCUT2D eigenvalue weighted by molar-refractivity contribution is -0.127. The second-order valence-electron chi connectivity index (χ2n) is 4.42. The molecule has 1 spiro atoms. The first-order chi connectivity index (χ1) is 7.69. The monoisotopic (exact) mass is 221 g/mol. The van der Waals surface area contributed by atoms with Gasteiger partial charge in [0, 0.05) is 13.1 Å². The van der Waals surface area contributed by atoms with Gasteiger partial charge in [0.15, 0.2) is 5.69 Å². The average Bonchev–Trinajstić information content (AvgIpc) is 2.14. The van der Waals surface area contributed by atoms with Gasteiger partial charge < -0.3 is 14.7 Å². The molecule has 0 atom stereocenters. The molecule has 6 nitrogen and oxygen atoms in total. The maximum absolute atomic E-state index is 10.7. The van der Waals surface area contributed by atoms with Gasteiger partial charge in [-0.25, -0.2) is 9.78 Å². The van der Waals surface area contributed by atoms with Crippen molar-refractivity contribution < 1.29 is 14.6 Å². The van der Waals surface area contributed by atoms with E-state index < -0.39 is 5.97 Å². The number of ether oxygens (including phenoxy) is 1. The fraction of sp³-hybridized carbons (Fsp3) is 0.500. The largest absolute Gasteiger partial charge is 0.476 e. The average molecular weight is 221 g/mol. The zero-order valence-electron chi connectivity index (χ0n) is 8.59. The van der Waals surface area contributed by atoms with Crippen molar-refractivity contribution in [2.24, 2.45) is 5.41 Å². The summed E-state index contributed by atoms with van der Waals surface area (Å²) in [6.45, 7) is 3.36. The summed E-state index contributed by atoms with van der Waals surface area (Å²) in [6.07, 6.45) is 2.85. The molecule has 2 fully saturated rings. The number of carboxylic acids is 1. The van der Waals surface area contributed by atoms with Gasteiger partial charge in [0.1, 0.15) is 5.82 Å². The molecule has 3 heterocycles. The van der Waals surface area contributed by atoms with E-state index >= 15 is 0 Å². The molecule has 0 unspecified atom stereocenters. The smallest absolute Gasteiger partial charge is 0.356 e. The number of nitrogens with zero attached hydrogens (tertiary/aromatic N) is 3. The van der Waals surface area contributed by atoms with Crippen LogP contribution in [0.15, 0.2) is 12.4 Å². The number of carboxylic acid groups (broad SMARTS) is 1. The predicted octanol–water partition coefficient (Wildman–Crippen LogP) is 0.0114. The molecule has 0 aromatic carbocycles. The minimum Gasteiger partial charge on any atom is -0.476 e. The highest BCUT2D eigenvalue weighted by Crippen LogP contribution is 2.39. The summed E-state index contributed by atoms with van der Waals surface area (Å²) in [5, 5.41) is 8.80. The van der Waals surface area contributed by atoms with E-state index in [2.05, 4.69) is 9.97 Å². The van der Waals surface area contributed by atoms with Crippen molar-refractivity contribution >= 4 is 11.8 Å². The van der Waals surface area contributed by atoms with Gasteiger partial charge in [-0.2, -0.15) is 0 Å². The number of hydrogen-bond acceptors (Lipinski definition) is 5. The van der Waals surface area contributed by atoms with Crippen LogP contribution in [0.5, 0.6) is 0 Å². The van der Waals surface area contributed by atoms with Gasteiger partial charge in [0.25, 0.3) is 0 Å². The normalized spacial score (nSPS) is 21.4. The van der Waals surface area contributed by atoms with Gasteiger partial charge in [0.05, 0.1) is 31.0 Å². The predicted molar refractivity (Wildman–Crippen MR) is 54.5 cm³/mol. The summed E-state index contributed by atoms with van der Waals surface area (Å²) in [7, 11) is 0. The van der Waals surface area contributed by atoms with E-state index in [1.165, 1.54) is 6.20 Å². The van der Waals surface area contributed by atoms with Crippen LogP contribution < -0.4 is 4.90 Å². The van der Waals surface area contributed by atoms with E-state index in [-0.39, 0.29) is 5.69 Å². The summed E-state index contributed by atoms with van der Waals surface area (Å²) in [5.74, 6) is -0.408. The molecule has 0 saturated carbocycles. The van der Waals surface area contributed by atoms with Crippen molar-refractivity contribution in [3.05, 3.63) is 18.1 Å². The van der Waals surface area contributed by atoms with E-state index in [9.17, 15) is 4.79 Å². The molecule has 0 amide bonds. The Balaban J connectivity index is 1.75. The second kappa shape index (κ2) is 3.15. The van der Waals surface area contributed by atoms with Crippen molar-refractivity contribution in [3.63, 3.8) is 0 Å². The first-order valence-electron chi connectivity index (χ1n) is 5.07. The summed E-state index contributed by atoms with van der Waals surface area (Å²) >= 11 is 0. The Bertz CT molecular complexity index is 437. The second-order valence-corrected chi connectivity index (χ2v) is 4.42. The number of aromatic nitrogens is 2. The zero-order valence-corrected chi connectivity index (χ0v) is 8.59. The Morgan fingerprint density at radius 2 is 2.19 bits per heavy atom. The Morgan fingerprint density at radius 1 is 1.44 bits per heavy atom. The molecule has 1 N–H and O–H groups in total. The first-order valence-corrected chi connectivity index (χ1v) is 5.07. The van der Waals surface area contributed by atoms with Crippen LogP contribution in [0.1, 0.15) is 10.5 Å². The number of aromatic carboxylic acids is 1. The van der Waals surface area contributed by atoms with Crippen molar-refractivity contribution in [2.45, 2.75) is 0 Å². The topological polar surface area (TPSA) is 75.5 Å². The molecule has 0 bridgehead atoms. The molecule has 3 rings (SSSR count). The maximum atomic E-state index is 10.7. The summed E-state index contributed by atoms with van der Waals surface area (Å²) < 4.78 is 5.17. The minimum atomic E-state index is -1.04. The molecule has 6 heteroatoms. The third-order valence-electron chi connectivity index (χ3n) is 3.03. The van der Waals surface area contributed by atoms with E-state index in [0.717, 1.165) is 26.3 Å². The van der Waals surface area contributed by atoms with Crippen molar-refractivity contribution in [3.8, 4) is 0 Å². The molecular formula is C10H11N3O3. The standard InChI is InChI=1S/C10H11N3O3/c14-9(15)7-1-11-2-8(12-7)13-3-10(4-13)5-16-6-10/h1-2H,3-6H2,(H,14,15). The quantitative estimate of drug-likeness (QED) is 0.758. The van der Waals surface area contributed by atoms with Crippen LogP contribution in [-0.4, -0.2) is 47.3 Å². The van der Waals surface area contributed by atoms with Crippen molar-refractivity contribution in [1.82, 2.24) is 9.97 Å². The van der Waals surface area contributed by atoms with Crippen LogP contribution in [0.3, 0.4) is 0 Å². The SMILES string of the molecule is O=C(O)c1cncc(N2CC3(COC3)C2)n1. The fourth-order valence-corrected chi connectivity index (χ4v) is 2.11. The summed E-state index contributed by atoms with van der Waals surface area (Å²) in [5.41, 5.74) is 0.282. The minimum absolute atomic E-state index is 0.0108. The van der Waals surface area contributed by atoms with E-state index in [4.69, 9.17) is 9.84 Å². The lowest BCUT2D eigenvalue weighted by atomic mass is 9.78. The van der Waals surface area contributed by atoms with Gasteiger partial charge in [-0.15, -0.1) is 0 Å². The Hall–Kier alpha value is -1.69. The van der Waals surface area contributed by atoms with Crippen LogP contribution in [-0.2, 0) is 4.74 Å². The molecule has 2 saturated heterocycles. The molecule has 1 aromatic rings. The van der Waals surface area contributed by atoms with Gasteiger partial charge in [-0.05, 0) is 0 Å². The first kappa shape index (κ1) is 9.53. The maximum Gasteiger partial charge on any atom is 0.356 e. The summed E-state index contributed by atoms with van der Waals surface area (Å²) in [4.78, 5) is 20.7. The molecule has 2 aliphatic rings. The van der Waals surface area contributed by atoms with Gasteiger partial charge in [-0.1, -0.05) is 0 Å². The highest BCUT2D eigenvalue weighted by atomic mass is 16.5. The number of hydrogen-bond donors (Lipinski definition) is 1. The number of anilines is 1. The van der Waals surface area contributed by atoms with Crippen LogP contribution >= 0.6 is 0 Å². The lowest BCUT2D eigenvalue weighted by Crippen LogP contribution is -2.66. The lowest BCUT2D eigenvalue weighted by Gasteiger charge is -2.55. The molecule has 1 aromatic heterocycles. The molecule has 16 heavy (non-hydrogen) atoms. The summed E-state index contributed by atoms with van der Waals surface area (Å²) in [6, 6.07) is 0. The highest BCUT2D eigenvalue weighted by Gasteiger charge is 2.49. The molecule has 84 valence electrons. The van der Waals surface area contributed by atoms with Crippen LogP contribution in [0.2, 0.25) is 0 Å². The highest BCUT2D eigenvalue weighted by molar-refractivity contribution is 5.85. The van der Waals surface area contributed by atoms with Gasteiger partial charge >= 0.3 is 5.97 Å². The Morgan fingerprint density at radius 3 is 2.75 bits per heavy atom. The number of carbonyl (C=O) groups is 1. The Kier molecular flexibility index (Phi) is 1.88. The van der Waals surface area contributed by atoms with E-state index in [1.54, 1.807) is 6.20 Å². The Labute approximate surface area is 91.9 Å². The molecule has 0 aliphatic carbocycles. The van der Waals surface area contributed by atoms with Crippen molar-refractivity contribution in [1.29, 1.82) is 0 Å². The number of rotatable bonds is 2. The van der Waals surface area contributed by atoms with Crippen LogP contribution in [0.25, 0.3) is 0 Å². The van der Waals surface area contributed by atoms with Crippen LogP contribution in [0.4, 0.5) is 5.82 Å². The van der Waals surface area contributed by atoms with E-state index in [1.807, 2.05) is 4.90 Å². The fourth-order valence-electron chi connectivity index (χ4n) is 2.11. The molecule has 0 radical (unpaired) electrons. The van der Waals surface area contributed by atoms with Gasteiger partial charge in [-0.3, -0.25) is 4.98 Å². The van der Waals surface area contributed by atoms with E-state index in [0.29, 0.717) is 11.2 Å². The molecule has 2 aliphatic heterocycles. The third kappa shape index (κ3) is 1.34. The van der Waals surface area contributed by atoms with Crippen LogP contribution in [0, 0.1) is 5.41 Å². The van der Waals surface area contributed by atoms with Gasteiger partial charge in [0.2, 0.25) is 0 Å². The third-order valence-corrected chi connectivity index (χ3v) is 3.03. The molecular weight excluding hydrogens is 210 g/mol. The van der Waals surface area contributed by atoms with Crippen molar-refractivity contribution in [2.75, 3.05) is 31.2 Å².